The Kier molecular flexibility index (Phi) is 8.86. The normalized spacial score (nSPS) is 17.6. The number of amides is 2. The lowest BCUT2D eigenvalue weighted by atomic mass is 9.84. The van der Waals surface area contributed by atoms with Crippen molar-refractivity contribution in [1.82, 2.24) is 20.9 Å². The number of hydrogen-bond acceptors (Lipinski definition) is 4. The number of benzene rings is 2. The van der Waals surface area contributed by atoms with Crippen LogP contribution in [0, 0.1) is 5.41 Å². The lowest BCUT2D eigenvalue weighted by Crippen LogP contribution is -2.60. The predicted octanol–water partition coefficient (Wildman–Crippen LogP) is 2.91. The molecule has 2 aromatic carbocycles. The van der Waals surface area contributed by atoms with E-state index in [0.29, 0.717) is 13.1 Å². The highest BCUT2D eigenvalue weighted by molar-refractivity contribution is 5.90. The molecule has 3 rings (SSSR count). The van der Waals surface area contributed by atoms with E-state index in [2.05, 4.69) is 58.4 Å². The lowest BCUT2D eigenvalue weighted by molar-refractivity contribution is -0.142. The third kappa shape index (κ3) is 6.67. The minimum atomic E-state index is -0.604. The van der Waals surface area contributed by atoms with Crippen molar-refractivity contribution >= 4 is 11.8 Å². The van der Waals surface area contributed by atoms with Crippen molar-refractivity contribution in [3.05, 3.63) is 71.3 Å². The molecule has 0 bridgehead atoms. The molecule has 3 atom stereocenters. The van der Waals surface area contributed by atoms with Gasteiger partial charge in [0.2, 0.25) is 11.8 Å². The van der Waals surface area contributed by atoms with Crippen LogP contribution in [0.25, 0.3) is 0 Å². The van der Waals surface area contributed by atoms with E-state index in [4.69, 9.17) is 0 Å². The summed E-state index contributed by atoms with van der Waals surface area (Å²) in [6, 6.07) is 17.8. The standard InChI is InChI=1S/C28H40N4O2/c1-20(29-5)26(33)31-25(28(2,3)4)27(34)32-19-23-14-10-9-13-22(23)17-24(32)18-30-16-15-21-11-7-6-8-12-21/h6-14,20,24-25,29-30H,15-19H2,1-5H3,(H,31,33)/t20-,24-,25+/m0/s1. The number of fused-ring (bicyclic) bond motifs is 1. The summed E-state index contributed by atoms with van der Waals surface area (Å²) >= 11 is 0. The molecule has 3 N–H and O–H groups in total. The van der Waals surface area contributed by atoms with Crippen LogP contribution < -0.4 is 16.0 Å². The number of nitrogens with zero attached hydrogens (tertiary/aromatic N) is 1. The topological polar surface area (TPSA) is 73.5 Å². The minimum Gasteiger partial charge on any atom is -0.342 e. The first kappa shape index (κ1) is 25.9. The van der Waals surface area contributed by atoms with Crippen molar-refractivity contribution in [3.63, 3.8) is 0 Å². The zero-order chi connectivity index (χ0) is 24.7. The summed E-state index contributed by atoms with van der Waals surface area (Å²) in [6.45, 7) is 9.94. The maximum absolute atomic E-state index is 13.9. The summed E-state index contributed by atoms with van der Waals surface area (Å²) < 4.78 is 0. The molecule has 1 aliphatic rings. The molecule has 0 spiro atoms. The van der Waals surface area contributed by atoms with Crippen molar-refractivity contribution in [3.8, 4) is 0 Å². The Morgan fingerprint density at radius 3 is 2.32 bits per heavy atom. The first-order valence-corrected chi connectivity index (χ1v) is 12.3. The molecule has 0 aromatic heterocycles. The smallest absolute Gasteiger partial charge is 0.246 e. The fraction of sp³-hybridized carbons (Fsp3) is 0.500. The molecular formula is C28H40N4O2. The maximum Gasteiger partial charge on any atom is 0.246 e. The van der Waals surface area contributed by atoms with Crippen molar-refractivity contribution in [2.75, 3.05) is 20.1 Å². The van der Waals surface area contributed by atoms with E-state index in [1.54, 1.807) is 14.0 Å². The Labute approximate surface area is 204 Å². The number of likely N-dealkylation sites (N-methyl/N-ethyl adjacent to an activating group) is 1. The molecule has 6 nitrogen and oxygen atoms in total. The van der Waals surface area contributed by atoms with Gasteiger partial charge in [-0.3, -0.25) is 9.59 Å². The van der Waals surface area contributed by atoms with Gasteiger partial charge >= 0.3 is 0 Å². The Bertz CT molecular complexity index is 954. The number of carbonyl (C=O) groups is 2. The van der Waals surface area contributed by atoms with Crippen molar-refractivity contribution in [2.24, 2.45) is 5.41 Å². The van der Waals surface area contributed by atoms with Crippen LogP contribution in [-0.4, -0.2) is 55.0 Å². The molecule has 0 radical (unpaired) electrons. The van der Waals surface area contributed by atoms with Gasteiger partial charge in [0.15, 0.2) is 0 Å². The van der Waals surface area contributed by atoms with Gasteiger partial charge in [-0.25, -0.2) is 0 Å². The summed E-state index contributed by atoms with van der Waals surface area (Å²) in [5.74, 6) is -0.181. The van der Waals surface area contributed by atoms with Crippen LogP contribution in [0.3, 0.4) is 0 Å². The van der Waals surface area contributed by atoms with Gasteiger partial charge < -0.3 is 20.9 Å². The largest absolute Gasteiger partial charge is 0.342 e. The highest BCUT2D eigenvalue weighted by Crippen LogP contribution is 2.28. The van der Waals surface area contributed by atoms with Crippen LogP contribution in [0.2, 0.25) is 0 Å². The first-order chi connectivity index (χ1) is 16.2. The van der Waals surface area contributed by atoms with Gasteiger partial charge in [-0.1, -0.05) is 75.4 Å². The molecule has 0 unspecified atom stereocenters. The summed E-state index contributed by atoms with van der Waals surface area (Å²) in [7, 11) is 1.75. The van der Waals surface area contributed by atoms with Gasteiger partial charge in [0.05, 0.1) is 6.04 Å². The highest BCUT2D eigenvalue weighted by Gasteiger charge is 2.40. The molecule has 34 heavy (non-hydrogen) atoms. The van der Waals surface area contributed by atoms with Gasteiger partial charge in [-0.2, -0.15) is 0 Å². The van der Waals surface area contributed by atoms with E-state index in [1.807, 2.05) is 37.8 Å². The van der Waals surface area contributed by atoms with Crippen LogP contribution >= 0.6 is 0 Å². The zero-order valence-electron chi connectivity index (χ0n) is 21.2. The van der Waals surface area contributed by atoms with E-state index >= 15 is 0 Å². The summed E-state index contributed by atoms with van der Waals surface area (Å²) in [5.41, 5.74) is 3.36. The van der Waals surface area contributed by atoms with Gasteiger partial charge in [0.1, 0.15) is 6.04 Å². The molecule has 6 heteroatoms. The van der Waals surface area contributed by atoms with Crippen molar-refractivity contribution in [2.45, 2.75) is 65.2 Å². The summed E-state index contributed by atoms with van der Waals surface area (Å²) in [5, 5.41) is 9.56. The third-order valence-electron chi connectivity index (χ3n) is 6.68. The summed E-state index contributed by atoms with van der Waals surface area (Å²) in [4.78, 5) is 28.6. The van der Waals surface area contributed by atoms with Gasteiger partial charge in [0, 0.05) is 19.1 Å². The molecule has 0 aliphatic carbocycles. The predicted molar refractivity (Wildman–Crippen MR) is 137 cm³/mol. The Morgan fingerprint density at radius 2 is 1.68 bits per heavy atom. The van der Waals surface area contributed by atoms with Crippen LogP contribution in [0.1, 0.15) is 44.4 Å². The fourth-order valence-electron chi connectivity index (χ4n) is 4.39. The molecule has 1 heterocycles. The number of carbonyl (C=O) groups excluding carboxylic acids is 2. The molecule has 184 valence electrons. The number of rotatable bonds is 9. The van der Waals surface area contributed by atoms with Crippen molar-refractivity contribution in [1.29, 1.82) is 0 Å². The monoisotopic (exact) mass is 464 g/mol. The minimum absolute atomic E-state index is 0.0199. The second-order valence-corrected chi connectivity index (χ2v) is 10.4. The number of hydrogen-bond donors (Lipinski definition) is 3. The second kappa shape index (κ2) is 11.6. The van der Waals surface area contributed by atoms with Gasteiger partial charge in [-0.15, -0.1) is 0 Å². The van der Waals surface area contributed by atoms with Crippen LogP contribution in [0.15, 0.2) is 54.6 Å². The molecule has 0 saturated heterocycles. The van der Waals surface area contributed by atoms with Crippen LogP contribution in [-0.2, 0) is 29.0 Å². The quantitative estimate of drug-likeness (QED) is 0.499. The Morgan fingerprint density at radius 1 is 1.03 bits per heavy atom. The average Bonchev–Trinajstić information content (AvgIpc) is 2.83. The first-order valence-electron chi connectivity index (χ1n) is 12.3. The Hall–Kier alpha value is -2.70. The second-order valence-electron chi connectivity index (χ2n) is 10.4. The molecule has 2 amide bonds. The van der Waals surface area contributed by atoms with Crippen molar-refractivity contribution < 1.29 is 9.59 Å². The lowest BCUT2D eigenvalue weighted by Gasteiger charge is -2.42. The Balaban J connectivity index is 1.76. The summed E-state index contributed by atoms with van der Waals surface area (Å²) in [6.07, 6.45) is 1.75. The molecule has 1 aliphatic heterocycles. The zero-order valence-corrected chi connectivity index (χ0v) is 21.2. The highest BCUT2D eigenvalue weighted by atomic mass is 16.2. The average molecular weight is 465 g/mol. The van der Waals surface area contributed by atoms with E-state index in [0.717, 1.165) is 19.4 Å². The molecular weight excluding hydrogens is 424 g/mol. The van der Waals surface area contributed by atoms with Crippen LogP contribution in [0.4, 0.5) is 0 Å². The van der Waals surface area contributed by atoms with E-state index < -0.39 is 11.5 Å². The van der Waals surface area contributed by atoms with E-state index in [1.165, 1.54) is 16.7 Å². The molecule has 0 saturated carbocycles. The van der Waals surface area contributed by atoms with E-state index in [9.17, 15) is 9.59 Å². The van der Waals surface area contributed by atoms with Gasteiger partial charge in [-0.05, 0) is 55.5 Å². The number of nitrogens with one attached hydrogen (secondary N) is 3. The maximum atomic E-state index is 13.9. The molecule has 0 fully saturated rings. The molecule has 2 aromatic rings. The third-order valence-corrected chi connectivity index (χ3v) is 6.68. The van der Waals surface area contributed by atoms with Crippen LogP contribution in [0.5, 0.6) is 0 Å². The fourth-order valence-corrected chi connectivity index (χ4v) is 4.39. The SMILES string of the molecule is CN[C@@H](C)C(=O)N[C@H](C(=O)N1Cc2ccccc2C[C@H]1CNCCc1ccccc1)C(C)(C)C. The van der Waals surface area contributed by atoms with E-state index in [-0.39, 0.29) is 23.9 Å². The van der Waals surface area contributed by atoms with Gasteiger partial charge in [0.25, 0.3) is 0 Å².